The summed E-state index contributed by atoms with van der Waals surface area (Å²) in [5.74, 6) is 1.31. The molecule has 0 radical (unpaired) electrons. The van der Waals surface area contributed by atoms with E-state index in [4.69, 9.17) is 9.47 Å². The van der Waals surface area contributed by atoms with Crippen molar-refractivity contribution in [1.29, 1.82) is 0 Å². The topological polar surface area (TPSA) is 72.5 Å². The molecule has 0 spiro atoms. The Hall–Kier alpha value is -3.54. The van der Waals surface area contributed by atoms with Crippen LogP contribution in [0.5, 0.6) is 11.5 Å². The van der Waals surface area contributed by atoms with Gasteiger partial charge in [-0.25, -0.2) is 4.79 Å². The Morgan fingerprint density at radius 1 is 1.07 bits per heavy atom. The predicted octanol–water partition coefficient (Wildman–Crippen LogP) is 4.11. The van der Waals surface area contributed by atoms with Crippen LogP contribution in [-0.4, -0.2) is 17.8 Å². The van der Waals surface area contributed by atoms with Crippen LogP contribution in [0.3, 0.4) is 0 Å². The number of urea groups is 1. The van der Waals surface area contributed by atoms with Crippen LogP contribution in [0.1, 0.15) is 11.1 Å². The lowest BCUT2D eigenvalue weighted by molar-refractivity contribution is 0.174. The van der Waals surface area contributed by atoms with Gasteiger partial charge in [0.1, 0.15) is 0 Å². The standard InChI is InChI=1S/C21H19N3O3/c1-14-4-6-15(7-5-14)20-16(3-2-10-22-20)12-23-21(25)24-17-8-9-18-19(11-17)27-13-26-18/h2-11H,12-13H2,1H3,(H2,23,24,25). The van der Waals surface area contributed by atoms with E-state index in [1.54, 1.807) is 24.4 Å². The number of carbonyl (C=O) groups excluding carboxylic acids is 1. The Balaban J connectivity index is 1.43. The number of benzene rings is 2. The van der Waals surface area contributed by atoms with Crippen LogP contribution < -0.4 is 20.1 Å². The van der Waals surface area contributed by atoms with Gasteiger partial charge < -0.3 is 20.1 Å². The molecule has 0 saturated heterocycles. The molecule has 0 saturated carbocycles. The van der Waals surface area contributed by atoms with Crippen LogP contribution in [0.25, 0.3) is 11.3 Å². The summed E-state index contributed by atoms with van der Waals surface area (Å²) in [5.41, 5.74) is 4.66. The second-order valence-corrected chi connectivity index (χ2v) is 6.25. The number of nitrogens with zero attached hydrogens (tertiary/aromatic N) is 1. The highest BCUT2D eigenvalue weighted by Gasteiger charge is 2.14. The van der Waals surface area contributed by atoms with Gasteiger partial charge in [0.15, 0.2) is 11.5 Å². The number of anilines is 1. The van der Waals surface area contributed by atoms with Crippen molar-refractivity contribution in [3.8, 4) is 22.8 Å². The molecule has 0 fully saturated rings. The number of hydrogen-bond donors (Lipinski definition) is 2. The first-order chi connectivity index (χ1) is 13.2. The van der Waals surface area contributed by atoms with Gasteiger partial charge in [-0.3, -0.25) is 4.98 Å². The molecular formula is C21H19N3O3. The number of pyridine rings is 1. The fourth-order valence-corrected chi connectivity index (χ4v) is 2.88. The van der Waals surface area contributed by atoms with Crippen molar-refractivity contribution < 1.29 is 14.3 Å². The number of ether oxygens (including phenoxy) is 2. The Bertz CT molecular complexity index is 971. The quantitative estimate of drug-likeness (QED) is 0.734. The van der Waals surface area contributed by atoms with Crippen LogP contribution in [0.2, 0.25) is 0 Å². The maximum absolute atomic E-state index is 12.3. The second kappa shape index (κ2) is 7.37. The summed E-state index contributed by atoms with van der Waals surface area (Å²) < 4.78 is 10.6. The maximum atomic E-state index is 12.3. The highest BCUT2D eigenvalue weighted by Crippen LogP contribution is 2.34. The second-order valence-electron chi connectivity index (χ2n) is 6.25. The zero-order valence-corrected chi connectivity index (χ0v) is 14.9. The van der Waals surface area contributed by atoms with Gasteiger partial charge in [0.05, 0.1) is 5.69 Å². The highest BCUT2D eigenvalue weighted by molar-refractivity contribution is 5.89. The van der Waals surface area contributed by atoms with E-state index in [0.29, 0.717) is 23.7 Å². The van der Waals surface area contributed by atoms with Crippen molar-refractivity contribution in [2.24, 2.45) is 0 Å². The van der Waals surface area contributed by atoms with E-state index in [2.05, 4.69) is 15.6 Å². The minimum Gasteiger partial charge on any atom is -0.454 e. The fraction of sp³-hybridized carbons (Fsp3) is 0.143. The minimum atomic E-state index is -0.299. The van der Waals surface area contributed by atoms with Crippen LogP contribution >= 0.6 is 0 Å². The molecule has 3 aromatic rings. The molecule has 6 heteroatoms. The SMILES string of the molecule is Cc1ccc(-c2ncccc2CNC(=O)Nc2ccc3c(c2)OCO3)cc1. The molecule has 136 valence electrons. The third-order valence-corrected chi connectivity index (χ3v) is 4.29. The van der Waals surface area contributed by atoms with Gasteiger partial charge in [-0.2, -0.15) is 0 Å². The van der Waals surface area contributed by atoms with Crippen molar-refractivity contribution >= 4 is 11.7 Å². The van der Waals surface area contributed by atoms with E-state index >= 15 is 0 Å². The van der Waals surface area contributed by atoms with Gasteiger partial charge in [0.25, 0.3) is 0 Å². The van der Waals surface area contributed by atoms with Crippen molar-refractivity contribution in [1.82, 2.24) is 10.3 Å². The number of fused-ring (bicyclic) bond motifs is 1. The Morgan fingerprint density at radius 2 is 1.89 bits per heavy atom. The third-order valence-electron chi connectivity index (χ3n) is 4.29. The number of carbonyl (C=O) groups is 1. The normalized spacial score (nSPS) is 11.9. The van der Waals surface area contributed by atoms with E-state index in [0.717, 1.165) is 16.8 Å². The molecule has 2 amide bonds. The first-order valence-electron chi connectivity index (χ1n) is 8.64. The summed E-state index contributed by atoms with van der Waals surface area (Å²) in [5, 5.41) is 5.68. The smallest absolute Gasteiger partial charge is 0.319 e. The van der Waals surface area contributed by atoms with Gasteiger partial charge in [0, 0.05) is 30.1 Å². The molecule has 0 unspecified atom stereocenters. The van der Waals surface area contributed by atoms with Gasteiger partial charge in [-0.15, -0.1) is 0 Å². The number of aromatic nitrogens is 1. The average molecular weight is 361 g/mol. The minimum absolute atomic E-state index is 0.202. The zero-order valence-electron chi connectivity index (χ0n) is 14.9. The predicted molar refractivity (Wildman–Crippen MR) is 103 cm³/mol. The van der Waals surface area contributed by atoms with Crippen LogP contribution in [0.4, 0.5) is 10.5 Å². The van der Waals surface area contributed by atoms with E-state index in [1.807, 2.05) is 43.3 Å². The van der Waals surface area contributed by atoms with Crippen molar-refractivity contribution in [3.63, 3.8) is 0 Å². The van der Waals surface area contributed by atoms with Crippen molar-refractivity contribution in [3.05, 3.63) is 71.9 Å². The van der Waals surface area contributed by atoms with Gasteiger partial charge in [-0.05, 0) is 30.7 Å². The first-order valence-corrected chi connectivity index (χ1v) is 8.64. The molecule has 1 aliphatic heterocycles. The van der Waals surface area contributed by atoms with Gasteiger partial charge in [-0.1, -0.05) is 35.9 Å². The summed E-state index contributed by atoms with van der Waals surface area (Å²) in [4.78, 5) is 16.7. The number of aryl methyl sites for hydroxylation is 1. The molecule has 2 N–H and O–H groups in total. The molecule has 2 aromatic carbocycles. The van der Waals surface area contributed by atoms with E-state index in [-0.39, 0.29) is 12.8 Å². The van der Waals surface area contributed by atoms with Crippen molar-refractivity contribution in [2.75, 3.05) is 12.1 Å². The number of hydrogen-bond acceptors (Lipinski definition) is 4. The Kier molecular flexibility index (Phi) is 4.61. The lowest BCUT2D eigenvalue weighted by Gasteiger charge is -2.11. The number of amides is 2. The number of rotatable bonds is 4. The lowest BCUT2D eigenvalue weighted by atomic mass is 10.0. The monoisotopic (exact) mass is 361 g/mol. The maximum Gasteiger partial charge on any atom is 0.319 e. The zero-order chi connectivity index (χ0) is 18.6. The fourth-order valence-electron chi connectivity index (χ4n) is 2.88. The summed E-state index contributed by atoms with van der Waals surface area (Å²) in [6.07, 6.45) is 1.76. The Labute approximate surface area is 157 Å². The van der Waals surface area contributed by atoms with Crippen LogP contribution in [0.15, 0.2) is 60.8 Å². The molecule has 0 bridgehead atoms. The molecule has 1 aliphatic rings. The molecule has 27 heavy (non-hydrogen) atoms. The lowest BCUT2D eigenvalue weighted by Crippen LogP contribution is -2.28. The molecule has 0 aliphatic carbocycles. The molecule has 1 aromatic heterocycles. The Morgan fingerprint density at radius 3 is 2.74 bits per heavy atom. The molecule has 0 atom stereocenters. The average Bonchev–Trinajstić information content (AvgIpc) is 3.15. The summed E-state index contributed by atoms with van der Waals surface area (Å²) in [6, 6.07) is 17.0. The van der Waals surface area contributed by atoms with Crippen LogP contribution in [0, 0.1) is 6.92 Å². The third kappa shape index (κ3) is 3.84. The summed E-state index contributed by atoms with van der Waals surface area (Å²) >= 11 is 0. The molecule has 2 heterocycles. The highest BCUT2D eigenvalue weighted by atomic mass is 16.7. The number of nitrogens with one attached hydrogen (secondary N) is 2. The summed E-state index contributed by atoms with van der Waals surface area (Å²) in [7, 11) is 0. The molecule has 6 nitrogen and oxygen atoms in total. The summed E-state index contributed by atoms with van der Waals surface area (Å²) in [6.45, 7) is 2.62. The largest absolute Gasteiger partial charge is 0.454 e. The van der Waals surface area contributed by atoms with E-state index < -0.39 is 0 Å². The van der Waals surface area contributed by atoms with Crippen LogP contribution in [-0.2, 0) is 6.54 Å². The molecular weight excluding hydrogens is 342 g/mol. The van der Waals surface area contributed by atoms with Gasteiger partial charge >= 0.3 is 6.03 Å². The molecule has 4 rings (SSSR count). The van der Waals surface area contributed by atoms with Gasteiger partial charge in [0.2, 0.25) is 6.79 Å². The first kappa shape index (κ1) is 16.9. The van der Waals surface area contributed by atoms with Crippen molar-refractivity contribution in [2.45, 2.75) is 13.5 Å². The van der Waals surface area contributed by atoms with E-state index in [1.165, 1.54) is 5.56 Å². The van der Waals surface area contributed by atoms with E-state index in [9.17, 15) is 4.79 Å².